The Morgan fingerprint density at radius 1 is 1.11 bits per heavy atom. The number of benzene rings is 2. The molecule has 0 aliphatic carbocycles. The number of ketones is 1. The third-order valence-corrected chi connectivity index (χ3v) is 6.23. The first-order chi connectivity index (χ1) is 16.9. The number of nitrogens with zero attached hydrogens (tertiary/aromatic N) is 2. The van der Waals surface area contributed by atoms with Gasteiger partial charge in [0.15, 0.2) is 11.5 Å². The average molecular weight is 485 g/mol. The summed E-state index contributed by atoms with van der Waals surface area (Å²) in [5.41, 5.74) is 0.660. The van der Waals surface area contributed by atoms with Crippen molar-refractivity contribution in [3.63, 3.8) is 0 Å². The zero-order chi connectivity index (χ0) is 24.9. The fourth-order valence-corrected chi connectivity index (χ4v) is 4.48. The van der Waals surface area contributed by atoms with E-state index in [-0.39, 0.29) is 34.9 Å². The van der Waals surface area contributed by atoms with Crippen molar-refractivity contribution >= 4 is 17.4 Å². The molecular formula is C26H29FN2O6. The molecule has 0 radical (unpaired) electrons. The minimum Gasteiger partial charge on any atom is -0.507 e. The number of morpholine rings is 1. The van der Waals surface area contributed by atoms with Crippen molar-refractivity contribution in [2.24, 2.45) is 0 Å². The summed E-state index contributed by atoms with van der Waals surface area (Å²) in [6.07, 6.45) is 0.622. The molecule has 2 aliphatic rings. The van der Waals surface area contributed by atoms with Crippen LogP contribution in [-0.2, 0) is 14.3 Å². The third-order valence-electron chi connectivity index (χ3n) is 6.23. The molecule has 35 heavy (non-hydrogen) atoms. The standard InChI is InChI=1S/C26H29FN2O6/c1-2-35-21-16-18(6-9-20(21)30)23-22(24(31)17-4-7-19(27)8-5-17)25(32)26(33)29(23)11-3-10-28-12-14-34-15-13-28/h4-9,16,23,30-31H,2-3,10-15H2,1H3/b24-22+/t23-/m1/s1. The largest absolute Gasteiger partial charge is 0.507 e. The van der Waals surface area contributed by atoms with Crippen LogP contribution in [0.15, 0.2) is 48.0 Å². The van der Waals surface area contributed by atoms with Crippen LogP contribution in [-0.4, -0.2) is 77.7 Å². The van der Waals surface area contributed by atoms with Crippen LogP contribution in [0.5, 0.6) is 11.5 Å². The van der Waals surface area contributed by atoms with Crippen molar-refractivity contribution in [1.29, 1.82) is 0 Å². The van der Waals surface area contributed by atoms with Gasteiger partial charge in [-0.25, -0.2) is 4.39 Å². The molecule has 4 rings (SSSR count). The van der Waals surface area contributed by atoms with E-state index in [1.165, 1.54) is 35.2 Å². The van der Waals surface area contributed by atoms with Crippen LogP contribution in [0.3, 0.4) is 0 Å². The molecule has 0 saturated carbocycles. The summed E-state index contributed by atoms with van der Waals surface area (Å²) in [6.45, 7) is 6.05. The normalized spacial score (nSPS) is 20.4. The molecule has 9 heteroatoms. The van der Waals surface area contributed by atoms with E-state index >= 15 is 0 Å². The first-order valence-corrected chi connectivity index (χ1v) is 11.7. The second-order valence-electron chi connectivity index (χ2n) is 8.47. The molecule has 2 N–H and O–H groups in total. The fraction of sp³-hybridized carbons (Fsp3) is 0.385. The molecule has 0 unspecified atom stereocenters. The predicted molar refractivity (Wildman–Crippen MR) is 127 cm³/mol. The molecule has 186 valence electrons. The molecule has 2 heterocycles. The highest BCUT2D eigenvalue weighted by Gasteiger charge is 2.46. The number of carbonyl (C=O) groups is 2. The Morgan fingerprint density at radius 2 is 1.83 bits per heavy atom. The number of rotatable bonds is 8. The lowest BCUT2D eigenvalue weighted by molar-refractivity contribution is -0.140. The zero-order valence-electron chi connectivity index (χ0n) is 19.6. The number of ether oxygens (including phenoxy) is 2. The first kappa shape index (κ1) is 24.7. The SMILES string of the molecule is CCOc1cc([C@@H]2/C(=C(\O)c3ccc(F)cc3)C(=O)C(=O)N2CCCN2CCOCC2)ccc1O. The summed E-state index contributed by atoms with van der Waals surface area (Å²) in [6, 6.07) is 8.79. The van der Waals surface area contributed by atoms with Crippen molar-refractivity contribution in [3.8, 4) is 11.5 Å². The van der Waals surface area contributed by atoms with Gasteiger partial charge in [-0.1, -0.05) is 6.07 Å². The lowest BCUT2D eigenvalue weighted by atomic mass is 9.95. The molecule has 0 aromatic heterocycles. The molecule has 0 spiro atoms. The molecule has 2 saturated heterocycles. The highest BCUT2D eigenvalue weighted by molar-refractivity contribution is 6.46. The molecule has 0 bridgehead atoms. The van der Waals surface area contributed by atoms with E-state index in [9.17, 15) is 24.2 Å². The molecule has 1 atom stereocenters. The Balaban J connectivity index is 1.71. The van der Waals surface area contributed by atoms with Gasteiger partial charge in [-0.15, -0.1) is 0 Å². The number of aromatic hydroxyl groups is 1. The predicted octanol–water partition coefficient (Wildman–Crippen LogP) is 3.07. The lowest BCUT2D eigenvalue weighted by Crippen LogP contribution is -2.38. The van der Waals surface area contributed by atoms with Crippen molar-refractivity contribution in [2.45, 2.75) is 19.4 Å². The number of phenols is 1. The number of aliphatic hydroxyl groups excluding tert-OH is 1. The number of likely N-dealkylation sites (tertiary alicyclic amines) is 1. The fourth-order valence-electron chi connectivity index (χ4n) is 4.48. The van der Waals surface area contributed by atoms with Crippen LogP contribution in [0.2, 0.25) is 0 Å². The monoisotopic (exact) mass is 484 g/mol. The molecule has 8 nitrogen and oxygen atoms in total. The maximum absolute atomic E-state index is 13.4. The number of hydrogen-bond acceptors (Lipinski definition) is 7. The molecule has 2 fully saturated rings. The number of carbonyl (C=O) groups excluding carboxylic acids is 2. The van der Waals surface area contributed by atoms with Gasteiger partial charge in [-0.05, 0) is 55.3 Å². The number of phenolic OH excluding ortho intramolecular Hbond substituents is 1. The first-order valence-electron chi connectivity index (χ1n) is 11.7. The highest BCUT2D eigenvalue weighted by atomic mass is 19.1. The number of halogens is 1. The summed E-state index contributed by atoms with van der Waals surface area (Å²) in [5.74, 6) is -2.25. The second-order valence-corrected chi connectivity index (χ2v) is 8.47. The van der Waals surface area contributed by atoms with Gasteiger partial charge < -0.3 is 24.6 Å². The van der Waals surface area contributed by atoms with E-state index in [2.05, 4.69) is 4.90 Å². The van der Waals surface area contributed by atoms with Crippen molar-refractivity contribution in [2.75, 3.05) is 46.0 Å². The molecule has 1 amide bonds. The topological polar surface area (TPSA) is 99.5 Å². The van der Waals surface area contributed by atoms with Crippen molar-refractivity contribution < 1.29 is 33.7 Å². The zero-order valence-corrected chi connectivity index (χ0v) is 19.6. The van der Waals surface area contributed by atoms with E-state index in [1.807, 2.05) is 0 Å². The average Bonchev–Trinajstić information content (AvgIpc) is 3.11. The summed E-state index contributed by atoms with van der Waals surface area (Å²) >= 11 is 0. The van der Waals surface area contributed by atoms with Crippen LogP contribution in [0, 0.1) is 5.82 Å². The quantitative estimate of drug-likeness (QED) is 0.338. The second kappa shape index (κ2) is 10.9. The van der Waals surface area contributed by atoms with E-state index in [4.69, 9.17) is 9.47 Å². The molecular weight excluding hydrogens is 455 g/mol. The van der Waals surface area contributed by atoms with Gasteiger partial charge in [0.2, 0.25) is 0 Å². The van der Waals surface area contributed by atoms with Crippen molar-refractivity contribution in [1.82, 2.24) is 9.80 Å². The van der Waals surface area contributed by atoms with Crippen LogP contribution in [0.4, 0.5) is 4.39 Å². The van der Waals surface area contributed by atoms with Crippen LogP contribution < -0.4 is 4.74 Å². The Hall–Kier alpha value is -3.43. The number of aliphatic hydroxyl groups is 1. The van der Waals surface area contributed by atoms with Gasteiger partial charge in [-0.2, -0.15) is 0 Å². The van der Waals surface area contributed by atoms with E-state index in [0.29, 0.717) is 31.8 Å². The number of hydrogen-bond donors (Lipinski definition) is 2. The third kappa shape index (κ3) is 5.31. The minimum atomic E-state index is -0.885. The Kier molecular flexibility index (Phi) is 7.67. The summed E-state index contributed by atoms with van der Waals surface area (Å²) < 4.78 is 24.3. The van der Waals surface area contributed by atoms with E-state index in [1.54, 1.807) is 19.1 Å². The van der Waals surface area contributed by atoms with Gasteiger partial charge >= 0.3 is 0 Å². The summed E-state index contributed by atoms with van der Waals surface area (Å²) in [4.78, 5) is 29.9. The van der Waals surface area contributed by atoms with Crippen LogP contribution >= 0.6 is 0 Å². The van der Waals surface area contributed by atoms with Gasteiger partial charge in [-0.3, -0.25) is 14.5 Å². The number of amides is 1. The smallest absolute Gasteiger partial charge is 0.295 e. The number of Topliss-reactive ketones (excluding diaryl/α,β-unsaturated/α-hetero) is 1. The van der Waals surface area contributed by atoms with Crippen molar-refractivity contribution in [3.05, 3.63) is 65.0 Å². The maximum atomic E-state index is 13.4. The van der Waals surface area contributed by atoms with Gasteiger partial charge in [0, 0.05) is 31.7 Å². The summed E-state index contributed by atoms with van der Waals surface area (Å²) in [7, 11) is 0. The maximum Gasteiger partial charge on any atom is 0.295 e. The van der Waals surface area contributed by atoms with Gasteiger partial charge in [0.25, 0.3) is 11.7 Å². The highest BCUT2D eigenvalue weighted by Crippen LogP contribution is 2.41. The lowest BCUT2D eigenvalue weighted by Gasteiger charge is -2.29. The van der Waals surface area contributed by atoms with E-state index in [0.717, 1.165) is 19.6 Å². The molecule has 2 aliphatic heterocycles. The molecule has 2 aromatic rings. The minimum absolute atomic E-state index is 0.0709. The Morgan fingerprint density at radius 3 is 2.51 bits per heavy atom. The van der Waals surface area contributed by atoms with Gasteiger partial charge in [0.05, 0.1) is 31.4 Å². The van der Waals surface area contributed by atoms with Crippen LogP contribution in [0.25, 0.3) is 5.76 Å². The van der Waals surface area contributed by atoms with E-state index < -0.39 is 23.5 Å². The molecule has 2 aromatic carbocycles. The summed E-state index contributed by atoms with van der Waals surface area (Å²) in [5, 5.41) is 21.2. The Bertz CT molecular complexity index is 1110. The Labute approximate surface area is 203 Å². The van der Waals surface area contributed by atoms with Crippen LogP contribution in [0.1, 0.15) is 30.5 Å². The van der Waals surface area contributed by atoms with Gasteiger partial charge in [0.1, 0.15) is 11.6 Å².